The summed E-state index contributed by atoms with van der Waals surface area (Å²) in [5.74, 6) is 0.633. The maximum Gasteiger partial charge on any atom is 0.0582 e. The third-order valence-corrected chi connectivity index (χ3v) is 1.82. The Morgan fingerprint density at radius 3 is 2.00 bits per heavy atom. The van der Waals surface area contributed by atoms with E-state index < -0.39 is 0 Å². The molecule has 0 saturated heterocycles. The highest BCUT2D eigenvalue weighted by Gasteiger charge is 2.08. The molecule has 0 aromatic rings. The average Bonchev–Trinajstić information content (AvgIpc) is 1.87. The van der Waals surface area contributed by atoms with Gasteiger partial charge >= 0.3 is 0 Å². The van der Waals surface area contributed by atoms with Gasteiger partial charge in [-0.15, -0.1) is 0 Å². The summed E-state index contributed by atoms with van der Waals surface area (Å²) >= 11 is 0. The Labute approximate surface area is 63.6 Å². The van der Waals surface area contributed by atoms with Gasteiger partial charge in [0.2, 0.25) is 0 Å². The summed E-state index contributed by atoms with van der Waals surface area (Å²) in [6.07, 6.45) is 0. The lowest BCUT2D eigenvalue weighted by Gasteiger charge is -2.21. The number of aliphatic hydroxyl groups excluding tert-OH is 1. The van der Waals surface area contributed by atoms with Gasteiger partial charge in [0.05, 0.1) is 6.61 Å². The maximum absolute atomic E-state index is 8.70. The smallest absolute Gasteiger partial charge is 0.0582 e. The van der Waals surface area contributed by atoms with E-state index in [9.17, 15) is 0 Å². The molecule has 0 bridgehead atoms. The summed E-state index contributed by atoms with van der Waals surface area (Å²) in [6.45, 7) is 8.68. The first-order valence-corrected chi connectivity index (χ1v) is 3.94. The van der Waals surface area contributed by atoms with Crippen LogP contribution < -0.4 is 5.32 Å². The summed E-state index contributed by atoms with van der Waals surface area (Å²) in [5.41, 5.74) is 0. The minimum atomic E-state index is 0.219. The van der Waals surface area contributed by atoms with E-state index in [2.05, 4.69) is 26.1 Å². The number of hydrogen-bond acceptors (Lipinski definition) is 2. The van der Waals surface area contributed by atoms with Gasteiger partial charge < -0.3 is 10.4 Å². The van der Waals surface area contributed by atoms with E-state index in [-0.39, 0.29) is 12.6 Å². The SMILES string of the molecule is CC(C)C(C)N[C@H](C)CO. The van der Waals surface area contributed by atoms with Crippen LogP contribution in [0.5, 0.6) is 0 Å². The van der Waals surface area contributed by atoms with Crippen molar-refractivity contribution in [2.45, 2.75) is 39.8 Å². The van der Waals surface area contributed by atoms with Crippen molar-refractivity contribution in [3.05, 3.63) is 0 Å². The van der Waals surface area contributed by atoms with Crippen LogP contribution in [0.2, 0.25) is 0 Å². The Hall–Kier alpha value is -0.0800. The van der Waals surface area contributed by atoms with E-state index in [0.29, 0.717) is 12.0 Å². The quantitative estimate of drug-likeness (QED) is 0.618. The molecule has 0 aromatic carbocycles. The molecule has 0 aliphatic carbocycles. The van der Waals surface area contributed by atoms with Crippen molar-refractivity contribution in [2.24, 2.45) is 5.92 Å². The third kappa shape index (κ3) is 3.85. The maximum atomic E-state index is 8.70. The van der Waals surface area contributed by atoms with Gasteiger partial charge in [-0.3, -0.25) is 0 Å². The lowest BCUT2D eigenvalue weighted by atomic mass is 10.1. The van der Waals surface area contributed by atoms with Crippen molar-refractivity contribution < 1.29 is 5.11 Å². The highest BCUT2D eigenvalue weighted by molar-refractivity contribution is 4.68. The largest absolute Gasteiger partial charge is 0.395 e. The Morgan fingerprint density at radius 1 is 1.20 bits per heavy atom. The molecule has 0 radical (unpaired) electrons. The Bertz CT molecular complexity index is 83.3. The average molecular weight is 145 g/mol. The Morgan fingerprint density at radius 2 is 1.70 bits per heavy atom. The van der Waals surface area contributed by atoms with E-state index in [1.165, 1.54) is 0 Å². The van der Waals surface area contributed by atoms with Crippen molar-refractivity contribution in [1.29, 1.82) is 0 Å². The molecular weight excluding hydrogens is 126 g/mol. The van der Waals surface area contributed by atoms with E-state index in [1.54, 1.807) is 0 Å². The second-order valence-corrected chi connectivity index (χ2v) is 3.28. The molecule has 0 heterocycles. The molecule has 62 valence electrons. The first-order chi connectivity index (χ1) is 4.57. The molecule has 2 N–H and O–H groups in total. The summed E-state index contributed by atoms with van der Waals surface area (Å²) in [6, 6.07) is 0.708. The molecule has 0 rings (SSSR count). The zero-order valence-corrected chi connectivity index (χ0v) is 7.39. The molecule has 0 saturated carbocycles. The molecule has 10 heavy (non-hydrogen) atoms. The lowest BCUT2D eigenvalue weighted by molar-refractivity contribution is 0.233. The molecule has 2 atom stereocenters. The van der Waals surface area contributed by atoms with Gasteiger partial charge in [-0.1, -0.05) is 13.8 Å². The van der Waals surface area contributed by atoms with Crippen LogP contribution in [-0.4, -0.2) is 23.8 Å². The van der Waals surface area contributed by atoms with Gasteiger partial charge in [0.1, 0.15) is 0 Å². The normalized spacial score (nSPS) is 17.4. The number of hydrogen-bond donors (Lipinski definition) is 2. The highest BCUT2D eigenvalue weighted by atomic mass is 16.3. The molecule has 0 spiro atoms. The first-order valence-electron chi connectivity index (χ1n) is 3.94. The van der Waals surface area contributed by atoms with Crippen LogP contribution in [0.1, 0.15) is 27.7 Å². The van der Waals surface area contributed by atoms with Crippen LogP contribution in [0.25, 0.3) is 0 Å². The van der Waals surface area contributed by atoms with Gasteiger partial charge in [0.25, 0.3) is 0 Å². The molecule has 0 aromatic heterocycles. The van der Waals surface area contributed by atoms with E-state index in [0.717, 1.165) is 0 Å². The van der Waals surface area contributed by atoms with Gasteiger partial charge in [0.15, 0.2) is 0 Å². The summed E-state index contributed by atoms with van der Waals surface area (Å²) in [5, 5.41) is 12.0. The fourth-order valence-electron chi connectivity index (χ4n) is 0.694. The second-order valence-electron chi connectivity index (χ2n) is 3.28. The zero-order valence-electron chi connectivity index (χ0n) is 7.39. The molecular formula is C8H19NO. The van der Waals surface area contributed by atoms with E-state index in [4.69, 9.17) is 5.11 Å². The fourth-order valence-corrected chi connectivity index (χ4v) is 0.694. The van der Waals surface area contributed by atoms with Crippen LogP contribution in [0.15, 0.2) is 0 Å². The summed E-state index contributed by atoms with van der Waals surface area (Å²) < 4.78 is 0. The second kappa shape index (κ2) is 4.69. The number of nitrogens with one attached hydrogen (secondary N) is 1. The van der Waals surface area contributed by atoms with Crippen LogP contribution >= 0.6 is 0 Å². The van der Waals surface area contributed by atoms with Crippen LogP contribution in [0, 0.1) is 5.92 Å². The molecule has 1 unspecified atom stereocenters. The van der Waals surface area contributed by atoms with Crippen LogP contribution in [0.4, 0.5) is 0 Å². The van der Waals surface area contributed by atoms with Crippen molar-refractivity contribution in [2.75, 3.05) is 6.61 Å². The van der Waals surface area contributed by atoms with Crippen molar-refractivity contribution in [3.63, 3.8) is 0 Å². The molecule has 0 aliphatic heterocycles. The number of rotatable bonds is 4. The predicted octanol–water partition coefficient (Wildman–Crippen LogP) is 1.00. The van der Waals surface area contributed by atoms with Crippen molar-refractivity contribution in [1.82, 2.24) is 5.32 Å². The minimum Gasteiger partial charge on any atom is -0.395 e. The Kier molecular flexibility index (Phi) is 4.65. The molecule has 0 amide bonds. The lowest BCUT2D eigenvalue weighted by Crippen LogP contribution is -2.39. The number of aliphatic hydroxyl groups is 1. The molecule has 0 fully saturated rings. The Balaban J connectivity index is 3.46. The molecule has 0 aliphatic rings. The fraction of sp³-hybridized carbons (Fsp3) is 1.00. The van der Waals surface area contributed by atoms with Crippen molar-refractivity contribution >= 4 is 0 Å². The van der Waals surface area contributed by atoms with E-state index >= 15 is 0 Å². The first kappa shape index (κ1) is 9.92. The standard InChI is InChI=1S/C8H19NO/c1-6(2)8(4)9-7(3)5-10/h6-10H,5H2,1-4H3/t7-,8?/m1/s1. The summed E-state index contributed by atoms with van der Waals surface area (Å²) in [7, 11) is 0. The van der Waals surface area contributed by atoms with Crippen LogP contribution in [-0.2, 0) is 0 Å². The van der Waals surface area contributed by atoms with Gasteiger partial charge in [-0.05, 0) is 19.8 Å². The molecule has 2 heteroatoms. The van der Waals surface area contributed by atoms with Gasteiger partial charge in [-0.2, -0.15) is 0 Å². The van der Waals surface area contributed by atoms with Crippen LogP contribution in [0.3, 0.4) is 0 Å². The summed E-state index contributed by atoms with van der Waals surface area (Å²) in [4.78, 5) is 0. The zero-order chi connectivity index (χ0) is 8.15. The predicted molar refractivity (Wildman–Crippen MR) is 44.0 cm³/mol. The monoisotopic (exact) mass is 145 g/mol. The van der Waals surface area contributed by atoms with Crippen molar-refractivity contribution in [3.8, 4) is 0 Å². The minimum absolute atomic E-state index is 0.219. The topological polar surface area (TPSA) is 32.3 Å². The molecule has 2 nitrogen and oxygen atoms in total. The van der Waals surface area contributed by atoms with Gasteiger partial charge in [0, 0.05) is 12.1 Å². The van der Waals surface area contributed by atoms with Gasteiger partial charge in [-0.25, -0.2) is 0 Å². The van der Waals surface area contributed by atoms with E-state index in [1.807, 2.05) is 6.92 Å². The third-order valence-electron chi connectivity index (χ3n) is 1.82. The highest BCUT2D eigenvalue weighted by Crippen LogP contribution is 2.00.